The van der Waals surface area contributed by atoms with Gasteiger partial charge in [-0.25, -0.2) is 4.39 Å². The molecule has 0 aromatic heterocycles. The molecule has 2 aromatic rings. The fourth-order valence-electron chi connectivity index (χ4n) is 2.51. The highest BCUT2D eigenvalue weighted by atomic mass is 19.1. The van der Waals surface area contributed by atoms with Gasteiger partial charge in [-0.3, -0.25) is 0 Å². The lowest BCUT2D eigenvalue weighted by atomic mass is 9.81. The molecule has 24 heavy (non-hydrogen) atoms. The molecule has 2 aliphatic rings. The number of benzene rings is 2. The summed E-state index contributed by atoms with van der Waals surface area (Å²) in [6.45, 7) is -5.56. The first-order chi connectivity index (χ1) is 15.6. The van der Waals surface area contributed by atoms with Gasteiger partial charge in [0, 0.05) is 24.0 Å². The maximum absolute atomic E-state index is 14.1. The van der Waals surface area contributed by atoms with Crippen LogP contribution in [0.1, 0.15) is 31.6 Å². The molecule has 0 aliphatic carbocycles. The van der Waals surface area contributed by atoms with Gasteiger partial charge in [0.2, 0.25) is 6.75 Å². The van der Waals surface area contributed by atoms with Gasteiger partial charge >= 0.3 is 0 Å². The number of hydrogen-bond donors (Lipinski definition) is 1. The van der Waals surface area contributed by atoms with Crippen molar-refractivity contribution in [1.29, 1.82) is 0 Å². The summed E-state index contributed by atoms with van der Waals surface area (Å²) in [5.74, 6) is -3.91. The van der Waals surface area contributed by atoms with Crippen LogP contribution in [0.3, 0.4) is 0 Å². The third-order valence-corrected chi connectivity index (χ3v) is 3.67. The molecular formula is C19H20FNO3. The lowest BCUT2D eigenvalue weighted by Gasteiger charge is -2.32. The molecular weight excluding hydrogens is 309 g/mol. The van der Waals surface area contributed by atoms with Crippen LogP contribution < -0.4 is 19.5 Å². The first kappa shape index (κ1) is 7.74. The fourth-order valence-corrected chi connectivity index (χ4v) is 2.51. The summed E-state index contributed by atoms with van der Waals surface area (Å²) in [6, 6.07) is 0.658. The highest BCUT2D eigenvalue weighted by molar-refractivity contribution is 5.46. The maximum Gasteiger partial charge on any atom is 0.231 e. The smallest absolute Gasteiger partial charge is 0.231 e. The van der Waals surface area contributed by atoms with Crippen molar-refractivity contribution in [3.63, 3.8) is 0 Å². The van der Waals surface area contributed by atoms with Crippen molar-refractivity contribution >= 4 is 0 Å². The van der Waals surface area contributed by atoms with Crippen molar-refractivity contribution in [2.45, 2.75) is 12.3 Å². The van der Waals surface area contributed by atoms with Crippen LogP contribution in [-0.2, 0) is 0 Å². The fraction of sp³-hybridized carbons (Fsp3) is 0.368. The minimum atomic E-state index is -2.35. The third kappa shape index (κ3) is 3.17. The van der Waals surface area contributed by atoms with Crippen molar-refractivity contribution in [3.05, 3.63) is 53.7 Å². The highest BCUT2D eigenvalue weighted by Gasteiger charge is 2.27. The Bertz CT molecular complexity index is 1120. The van der Waals surface area contributed by atoms with Crippen LogP contribution >= 0.6 is 0 Å². The molecule has 1 unspecified atom stereocenters. The van der Waals surface area contributed by atoms with Crippen LogP contribution in [-0.4, -0.2) is 26.4 Å². The number of hydrogen-bond acceptors (Lipinski definition) is 4. The zero-order valence-electron chi connectivity index (χ0n) is 22.4. The summed E-state index contributed by atoms with van der Waals surface area (Å²) in [5.41, 5.74) is -0.431. The summed E-state index contributed by atoms with van der Waals surface area (Å²) in [5, 5.41) is 2.46. The Labute approximate surface area is 154 Å². The minimum absolute atomic E-state index is 0.0530. The molecule has 4 nitrogen and oxygen atoms in total. The third-order valence-electron chi connectivity index (χ3n) is 3.67. The Morgan fingerprint density at radius 1 is 1.25 bits per heavy atom. The summed E-state index contributed by atoms with van der Waals surface area (Å²) >= 11 is 0. The van der Waals surface area contributed by atoms with Crippen molar-refractivity contribution in [2.75, 3.05) is 26.4 Å². The molecule has 2 aromatic carbocycles. The molecule has 5 heteroatoms. The molecule has 0 bridgehead atoms. The summed E-state index contributed by atoms with van der Waals surface area (Å²) in [7, 11) is 0. The van der Waals surface area contributed by atoms with Gasteiger partial charge in [0.25, 0.3) is 0 Å². The van der Waals surface area contributed by atoms with Crippen LogP contribution in [0.15, 0.2) is 42.4 Å². The second-order valence-electron chi connectivity index (χ2n) is 5.22. The Morgan fingerprint density at radius 3 is 2.96 bits per heavy atom. The van der Waals surface area contributed by atoms with E-state index in [1.165, 1.54) is 18.2 Å². The molecule has 0 spiro atoms. The number of halogens is 1. The number of piperidine rings is 1. The van der Waals surface area contributed by atoms with Crippen molar-refractivity contribution in [3.8, 4) is 17.2 Å². The van der Waals surface area contributed by atoms with Crippen molar-refractivity contribution < 1.29 is 32.3 Å². The molecule has 2 atom stereocenters. The lowest BCUT2D eigenvalue weighted by Crippen LogP contribution is -2.38. The Kier molecular flexibility index (Phi) is 2.16. The predicted octanol–water partition coefficient (Wildman–Crippen LogP) is 3.33. The van der Waals surface area contributed by atoms with E-state index in [0.29, 0.717) is 0 Å². The number of fused-ring (bicyclic) bond motifs is 1. The minimum Gasteiger partial charge on any atom is -0.493 e. The van der Waals surface area contributed by atoms with E-state index >= 15 is 0 Å². The van der Waals surface area contributed by atoms with Gasteiger partial charge in [0.05, 0.1) is 12.1 Å². The summed E-state index contributed by atoms with van der Waals surface area (Å²) in [4.78, 5) is 0. The van der Waals surface area contributed by atoms with Crippen LogP contribution in [0.25, 0.3) is 0 Å². The van der Waals surface area contributed by atoms with E-state index in [1.807, 2.05) is 0 Å². The second kappa shape index (κ2) is 6.69. The normalized spacial score (nSPS) is 34.7. The van der Waals surface area contributed by atoms with E-state index in [1.54, 1.807) is 0 Å². The Hall–Kier alpha value is -2.27. The largest absolute Gasteiger partial charge is 0.493 e. The average molecular weight is 339 g/mol. The zero-order chi connectivity index (χ0) is 25.2. The van der Waals surface area contributed by atoms with Crippen molar-refractivity contribution in [2.24, 2.45) is 5.92 Å². The summed E-state index contributed by atoms with van der Waals surface area (Å²) < 4.78 is 110. The van der Waals surface area contributed by atoms with E-state index in [2.05, 4.69) is 5.32 Å². The van der Waals surface area contributed by atoms with E-state index in [9.17, 15) is 4.39 Å². The van der Waals surface area contributed by atoms with Gasteiger partial charge in [-0.2, -0.15) is 0 Å². The summed E-state index contributed by atoms with van der Waals surface area (Å²) in [6.07, 6.45) is -2.23. The first-order valence-corrected chi connectivity index (χ1v) is 7.30. The molecule has 0 saturated carbocycles. The van der Waals surface area contributed by atoms with Crippen LogP contribution in [0.4, 0.5) is 4.39 Å². The Balaban J connectivity index is 1.72. The lowest BCUT2D eigenvalue weighted by molar-refractivity contribution is 0.173. The van der Waals surface area contributed by atoms with Gasteiger partial charge < -0.3 is 19.5 Å². The van der Waals surface area contributed by atoms with Gasteiger partial charge in [-0.1, -0.05) is 12.1 Å². The first-order valence-electron chi connectivity index (χ1n) is 12.3. The number of ether oxygens (including phenoxy) is 3. The predicted molar refractivity (Wildman–Crippen MR) is 88.2 cm³/mol. The van der Waals surface area contributed by atoms with Gasteiger partial charge in [-0.05, 0) is 48.6 Å². The van der Waals surface area contributed by atoms with Crippen LogP contribution in [0.5, 0.6) is 17.2 Å². The molecule has 1 fully saturated rings. The molecule has 2 aliphatic heterocycles. The SMILES string of the molecule is [2H]c1c([2H])c(C2[C@H](COc3ccc4c(c3)OC([2H])([2H])O4)C([2H])([2H])NCC2([2H])[2H])c([2H])c([2H])c1F. The zero-order valence-corrected chi connectivity index (χ0v) is 12.4. The molecule has 1 N–H and O–H groups in total. The van der Waals surface area contributed by atoms with E-state index in [4.69, 9.17) is 27.9 Å². The standard InChI is InChI=1S/C19H20FNO3/c20-15-3-1-13(2-4-15)17-7-8-21-10-14(17)11-22-16-5-6-18-19(9-16)24-12-23-18/h1-6,9,14,17,21H,7-8,10-12H2/t14-,17?/m0/s1/i1D,2D,3D,4D,7D2,10D2,12D2. The maximum atomic E-state index is 14.1. The van der Waals surface area contributed by atoms with E-state index in [0.717, 1.165) is 0 Å². The molecule has 4 rings (SSSR count). The average Bonchev–Trinajstić information content (AvgIpc) is 3.06. The van der Waals surface area contributed by atoms with Gasteiger partial charge in [0.1, 0.15) is 14.3 Å². The molecule has 0 radical (unpaired) electrons. The monoisotopic (exact) mass is 339 g/mol. The Morgan fingerprint density at radius 2 is 2.08 bits per heavy atom. The number of rotatable bonds is 4. The molecule has 0 amide bonds. The number of nitrogens with one attached hydrogen (secondary N) is 1. The van der Waals surface area contributed by atoms with E-state index < -0.39 is 80.2 Å². The quantitative estimate of drug-likeness (QED) is 0.927. The van der Waals surface area contributed by atoms with Gasteiger partial charge in [0.15, 0.2) is 11.5 Å². The van der Waals surface area contributed by atoms with Crippen molar-refractivity contribution in [1.82, 2.24) is 5.32 Å². The van der Waals surface area contributed by atoms with Crippen LogP contribution in [0.2, 0.25) is 0 Å². The van der Waals surface area contributed by atoms with Crippen LogP contribution in [0, 0.1) is 11.7 Å². The second-order valence-corrected chi connectivity index (χ2v) is 5.22. The van der Waals surface area contributed by atoms with E-state index in [-0.39, 0.29) is 17.2 Å². The molecule has 126 valence electrons. The highest BCUT2D eigenvalue weighted by Crippen LogP contribution is 2.36. The molecule has 1 saturated heterocycles. The topological polar surface area (TPSA) is 39.7 Å². The molecule has 2 heterocycles. The van der Waals surface area contributed by atoms with Gasteiger partial charge in [-0.15, -0.1) is 0 Å².